The van der Waals surface area contributed by atoms with Gasteiger partial charge in [0.15, 0.2) is 0 Å². The van der Waals surface area contributed by atoms with Crippen molar-refractivity contribution in [1.82, 2.24) is 9.80 Å². The predicted molar refractivity (Wildman–Crippen MR) is 141 cm³/mol. The van der Waals surface area contributed by atoms with Crippen LogP contribution in [0.1, 0.15) is 40.7 Å². The monoisotopic (exact) mass is 520 g/mol. The molecule has 3 aromatic carbocycles. The summed E-state index contributed by atoms with van der Waals surface area (Å²) in [6, 6.07) is 21.2. The van der Waals surface area contributed by atoms with Crippen LogP contribution in [0.5, 0.6) is 5.75 Å². The van der Waals surface area contributed by atoms with Crippen molar-refractivity contribution < 1.29 is 18.7 Å². The number of likely N-dealkylation sites (tertiary alicyclic amines) is 1. The van der Waals surface area contributed by atoms with E-state index in [4.69, 9.17) is 16.3 Å². The lowest BCUT2D eigenvalue weighted by molar-refractivity contribution is -0.136. The van der Waals surface area contributed by atoms with Crippen LogP contribution in [-0.2, 0) is 17.8 Å². The lowest BCUT2D eigenvalue weighted by Crippen LogP contribution is -2.48. The van der Waals surface area contributed by atoms with Gasteiger partial charge in [0.05, 0.1) is 6.61 Å². The van der Waals surface area contributed by atoms with Gasteiger partial charge in [-0.3, -0.25) is 9.59 Å². The van der Waals surface area contributed by atoms with Gasteiger partial charge < -0.3 is 14.5 Å². The van der Waals surface area contributed by atoms with Crippen LogP contribution in [-0.4, -0.2) is 47.9 Å². The topological polar surface area (TPSA) is 49.9 Å². The number of rotatable bonds is 6. The number of amides is 2. The first kappa shape index (κ1) is 25.3. The molecule has 5 nitrogen and oxygen atoms in total. The molecular weight excluding hydrogens is 491 g/mol. The van der Waals surface area contributed by atoms with Crippen molar-refractivity contribution in [3.63, 3.8) is 0 Å². The fourth-order valence-corrected chi connectivity index (χ4v) is 5.45. The molecule has 1 saturated heterocycles. The summed E-state index contributed by atoms with van der Waals surface area (Å²) in [6.07, 6.45) is 2.48. The molecule has 5 rings (SSSR count). The van der Waals surface area contributed by atoms with Gasteiger partial charge in [-0.15, -0.1) is 0 Å². The molecule has 0 bridgehead atoms. The van der Waals surface area contributed by atoms with Crippen molar-refractivity contribution in [2.45, 2.75) is 32.2 Å². The molecule has 0 aliphatic carbocycles. The summed E-state index contributed by atoms with van der Waals surface area (Å²) < 4.78 is 19.5. The number of carbonyl (C=O) groups excluding carboxylic acids is 2. The smallest absolute Gasteiger partial charge is 0.253 e. The van der Waals surface area contributed by atoms with Crippen LogP contribution >= 0.6 is 11.6 Å². The normalized spacial score (nSPS) is 16.7. The van der Waals surface area contributed by atoms with E-state index in [2.05, 4.69) is 12.1 Å². The number of halogens is 2. The Morgan fingerprint density at radius 3 is 2.35 bits per heavy atom. The Labute approximate surface area is 221 Å². The van der Waals surface area contributed by atoms with E-state index < -0.39 is 5.41 Å². The summed E-state index contributed by atoms with van der Waals surface area (Å²) >= 11 is 6.14. The third-order valence-corrected chi connectivity index (χ3v) is 7.79. The van der Waals surface area contributed by atoms with E-state index in [0.717, 1.165) is 6.42 Å². The van der Waals surface area contributed by atoms with E-state index in [9.17, 15) is 14.0 Å². The van der Waals surface area contributed by atoms with Crippen LogP contribution in [0.15, 0.2) is 72.8 Å². The molecule has 3 aromatic rings. The van der Waals surface area contributed by atoms with Gasteiger partial charge in [0.25, 0.3) is 5.91 Å². The summed E-state index contributed by atoms with van der Waals surface area (Å²) in [5.41, 5.74) is 2.56. The minimum atomic E-state index is -0.407. The molecule has 0 atom stereocenters. The highest BCUT2D eigenvalue weighted by Gasteiger charge is 2.40. The number of benzene rings is 3. The standard InChI is InChI=1S/C30H30ClFN2O3/c31-25-6-3-7-27(18-25)37-21-30(19-28(35)34-15-12-22-4-1-2-5-24(22)20-34)13-16-33(17-14-30)29(36)23-8-10-26(32)11-9-23/h1-11,18H,12-17,19-21H2. The van der Waals surface area contributed by atoms with Gasteiger partial charge in [-0.25, -0.2) is 4.39 Å². The van der Waals surface area contributed by atoms with Crippen molar-refractivity contribution in [1.29, 1.82) is 0 Å². The third-order valence-electron chi connectivity index (χ3n) is 7.55. The maximum atomic E-state index is 13.5. The van der Waals surface area contributed by atoms with Crippen LogP contribution < -0.4 is 4.74 Å². The van der Waals surface area contributed by atoms with Crippen LogP contribution in [0.25, 0.3) is 0 Å². The first-order valence-electron chi connectivity index (χ1n) is 12.7. The van der Waals surface area contributed by atoms with Crippen molar-refractivity contribution in [3.05, 3.63) is 100 Å². The molecule has 0 unspecified atom stereocenters. The minimum Gasteiger partial charge on any atom is -0.493 e. The number of carbonyl (C=O) groups is 2. The Morgan fingerprint density at radius 2 is 1.62 bits per heavy atom. The molecule has 0 aromatic heterocycles. The Bertz CT molecular complexity index is 1270. The highest BCUT2D eigenvalue weighted by molar-refractivity contribution is 6.30. The molecule has 0 radical (unpaired) electrons. The average Bonchev–Trinajstić information content (AvgIpc) is 2.92. The molecule has 7 heteroatoms. The number of ether oxygens (including phenoxy) is 1. The number of nitrogens with zero attached hydrogens (tertiary/aromatic N) is 2. The van der Waals surface area contributed by atoms with Crippen LogP contribution in [0.2, 0.25) is 5.02 Å². The third kappa shape index (κ3) is 5.96. The van der Waals surface area contributed by atoms with Gasteiger partial charge in [0.1, 0.15) is 11.6 Å². The number of fused-ring (bicyclic) bond motifs is 1. The van der Waals surface area contributed by atoms with Gasteiger partial charge in [0.2, 0.25) is 5.91 Å². The maximum Gasteiger partial charge on any atom is 0.253 e. The van der Waals surface area contributed by atoms with Crippen molar-refractivity contribution in [2.75, 3.05) is 26.2 Å². The second kappa shape index (κ2) is 10.9. The molecule has 0 N–H and O–H groups in total. The fourth-order valence-electron chi connectivity index (χ4n) is 5.27. The Morgan fingerprint density at radius 1 is 0.892 bits per heavy atom. The largest absolute Gasteiger partial charge is 0.493 e. The van der Waals surface area contributed by atoms with Crippen molar-refractivity contribution in [3.8, 4) is 5.75 Å². The maximum absolute atomic E-state index is 13.5. The number of hydrogen-bond donors (Lipinski definition) is 0. The predicted octanol–water partition coefficient (Wildman–Crippen LogP) is 5.76. The lowest BCUT2D eigenvalue weighted by atomic mass is 9.75. The molecule has 1 fully saturated rings. The van der Waals surface area contributed by atoms with E-state index in [1.54, 1.807) is 17.0 Å². The molecule has 2 aliphatic rings. The number of piperidine rings is 1. The highest BCUT2D eigenvalue weighted by atomic mass is 35.5. The van der Waals surface area contributed by atoms with Crippen LogP contribution in [0.3, 0.4) is 0 Å². The van der Waals surface area contributed by atoms with E-state index in [1.165, 1.54) is 35.4 Å². The first-order chi connectivity index (χ1) is 17.9. The zero-order valence-electron chi connectivity index (χ0n) is 20.7. The van der Waals surface area contributed by atoms with Crippen LogP contribution in [0, 0.1) is 11.2 Å². The van der Waals surface area contributed by atoms with Crippen LogP contribution in [0.4, 0.5) is 4.39 Å². The van der Waals surface area contributed by atoms with Crippen molar-refractivity contribution >= 4 is 23.4 Å². The average molecular weight is 521 g/mol. The van der Waals surface area contributed by atoms with Gasteiger partial charge in [-0.1, -0.05) is 41.9 Å². The molecule has 192 valence electrons. The first-order valence-corrected chi connectivity index (χ1v) is 13.1. The van der Waals surface area contributed by atoms with E-state index in [1.807, 2.05) is 29.2 Å². The summed E-state index contributed by atoms with van der Waals surface area (Å²) in [4.78, 5) is 30.3. The second-order valence-corrected chi connectivity index (χ2v) is 10.5. The summed E-state index contributed by atoms with van der Waals surface area (Å²) in [7, 11) is 0. The number of hydrogen-bond acceptors (Lipinski definition) is 3. The zero-order valence-corrected chi connectivity index (χ0v) is 21.4. The highest BCUT2D eigenvalue weighted by Crippen LogP contribution is 2.38. The Balaban J connectivity index is 1.29. The minimum absolute atomic E-state index is 0.113. The molecule has 2 amide bonds. The van der Waals surface area contributed by atoms with Gasteiger partial charge in [0, 0.05) is 48.6 Å². The lowest BCUT2D eigenvalue weighted by Gasteiger charge is -2.42. The fraction of sp³-hybridized carbons (Fsp3) is 0.333. The van der Waals surface area contributed by atoms with Gasteiger partial charge >= 0.3 is 0 Å². The van der Waals surface area contributed by atoms with E-state index in [-0.39, 0.29) is 17.6 Å². The zero-order chi connectivity index (χ0) is 25.8. The van der Waals surface area contributed by atoms with Gasteiger partial charge in [-0.2, -0.15) is 0 Å². The summed E-state index contributed by atoms with van der Waals surface area (Å²) in [6.45, 7) is 2.70. The quantitative estimate of drug-likeness (QED) is 0.415. The molecule has 0 spiro atoms. The second-order valence-electron chi connectivity index (χ2n) is 10.1. The summed E-state index contributed by atoms with van der Waals surface area (Å²) in [5, 5.41) is 0.592. The molecule has 2 aliphatic heterocycles. The summed E-state index contributed by atoms with van der Waals surface area (Å²) in [5.74, 6) is 0.285. The molecule has 2 heterocycles. The Hall–Kier alpha value is -3.38. The van der Waals surface area contributed by atoms with Gasteiger partial charge in [-0.05, 0) is 72.9 Å². The molecule has 0 saturated carbocycles. The van der Waals surface area contributed by atoms with E-state index >= 15 is 0 Å². The SMILES string of the molecule is O=C(CC1(COc2cccc(Cl)c2)CCN(C(=O)c2ccc(F)cc2)CC1)N1CCc2ccccc2C1. The Kier molecular flexibility index (Phi) is 7.47. The molecular formula is C30H30ClFN2O3. The van der Waals surface area contributed by atoms with E-state index in [0.29, 0.717) is 68.4 Å². The molecule has 37 heavy (non-hydrogen) atoms. The van der Waals surface area contributed by atoms with Crippen molar-refractivity contribution in [2.24, 2.45) is 5.41 Å².